The molecule has 0 aliphatic carbocycles. The summed E-state index contributed by atoms with van der Waals surface area (Å²) in [4.78, 5) is 2.39. The zero-order chi connectivity index (χ0) is 9.26. The second-order valence-corrected chi connectivity index (χ2v) is 4.38. The first-order valence-electron chi connectivity index (χ1n) is 4.76. The topological polar surface area (TPSA) is 42.1 Å². The molecule has 2 N–H and O–H groups in total. The zero-order valence-electron chi connectivity index (χ0n) is 7.86. The van der Waals surface area contributed by atoms with Crippen molar-refractivity contribution in [1.82, 2.24) is 4.37 Å². The summed E-state index contributed by atoms with van der Waals surface area (Å²) in [5.74, 6) is 1.52. The Morgan fingerprint density at radius 3 is 3.15 bits per heavy atom. The van der Waals surface area contributed by atoms with E-state index in [1.165, 1.54) is 42.5 Å². The van der Waals surface area contributed by atoms with E-state index in [4.69, 9.17) is 5.73 Å². The van der Waals surface area contributed by atoms with Gasteiger partial charge in [-0.15, -0.1) is 0 Å². The lowest BCUT2D eigenvalue weighted by Gasteiger charge is -2.14. The van der Waals surface area contributed by atoms with E-state index in [2.05, 4.69) is 16.2 Å². The van der Waals surface area contributed by atoms with Crippen LogP contribution < -0.4 is 10.6 Å². The fraction of sp³-hybridized carbons (Fsp3) is 0.667. The highest BCUT2D eigenvalue weighted by Gasteiger charge is 2.22. The molecule has 0 amide bonds. The Balaban J connectivity index is 2.03. The fourth-order valence-electron chi connectivity index (χ4n) is 1.79. The van der Waals surface area contributed by atoms with Gasteiger partial charge in [0.15, 0.2) is 0 Å². The number of aromatic nitrogens is 1. The Hall–Kier alpha value is -0.770. The molecule has 1 aliphatic heterocycles. The summed E-state index contributed by atoms with van der Waals surface area (Å²) >= 11 is 1.51. The average molecular weight is 197 g/mol. The molecule has 1 aromatic rings. The SMILES string of the molecule is CCC1CCN(c2cc(N)ns2)C1. The lowest BCUT2D eigenvalue weighted by atomic mass is 10.1. The van der Waals surface area contributed by atoms with Crippen LogP contribution in [-0.2, 0) is 0 Å². The van der Waals surface area contributed by atoms with Gasteiger partial charge in [-0.2, -0.15) is 4.37 Å². The monoisotopic (exact) mass is 197 g/mol. The summed E-state index contributed by atoms with van der Waals surface area (Å²) in [6.07, 6.45) is 2.60. The highest BCUT2D eigenvalue weighted by molar-refractivity contribution is 7.10. The standard InChI is InChI=1S/C9H15N3S/c1-2-7-3-4-12(6-7)9-5-8(10)11-13-9/h5,7H,2-4,6H2,1H3,(H2,10,11). The molecule has 72 valence electrons. The summed E-state index contributed by atoms with van der Waals surface area (Å²) in [5, 5.41) is 1.23. The first-order chi connectivity index (χ1) is 6.29. The number of hydrogen-bond acceptors (Lipinski definition) is 4. The smallest absolute Gasteiger partial charge is 0.139 e. The molecule has 2 heterocycles. The Morgan fingerprint density at radius 1 is 1.77 bits per heavy atom. The molecule has 1 saturated heterocycles. The highest BCUT2D eigenvalue weighted by atomic mass is 32.1. The number of nitrogens with zero attached hydrogens (tertiary/aromatic N) is 2. The lowest BCUT2D eigenvalue weighted by Crippen LogP contribution is -2.18. The molecule has 0 saturated carbocycles. The van der Waals surface area contributed by atoms with E-state index in [0.717, 1.165) is 5.92 Å². The van der Waals surface area contributed by atoms with Crippen LogP contribution in [0.15, 0.2) is 6.07 Å². The first-order valence-corrected chi connectivity index (χ1v) is 5.54. The maximum absolute atomic E-state index is 5.59. The van der Waals surface area contributed by atoms with Crippen molar-refractivity contribution >= 4 is 22.4 Å². The summed E-state index contributed by atoms with van der Waals surface area (Å²) in [5.41, 5.74) is 5.59. The Bertz CT molecular complexity index is 284. The van der Waals surface area contributed by atoms with E-state index in [-0.39, 0.29) is 0 Å². The minimum Gasteiger partial charge on any atom is -0.383 e. The molecule has 4 heteroatoms. The molecule has 0 radical (unpaired) electrons. The zero-order valence-corrected chi connectivity index (χ0v) is 8.68. The molecule has 0 bridgehead atoms. The molecular weight excluding hydrogens is 182 g/mol. The van der Waals surface area contributed by atoms with Crippen molar-refractivity contribution in [3.8, 4) is 0 Å². The second kappa shape index (κ2) is 3.54. The molecule has 1 atom stereocenters. The molecule has 2 rings (SSSR count). The average Bonchev–Trinajstić information content (AvgIpc) is 2.71. The van der Waals surface area contributed by atoms with Gasteiger partial charge >= 0.3 is 0 Å². The van der Waals surface area contributed by atoms with Crippen molar-refractivity contribution in [1.29, 1.82) is 0 Å². The van der Waals surface area contributed by atoms with Crippen LogP contribution in [-0.4, -0.2) is 17.5 Å². The quantitative estimate of drug-likeness (QED) is 0.788. The maximum atomic E-state index is 5.59. The van der Waals surface area contributed by atoms with Crippen molar-refractivity contribution in [3.63, 3.8) is 0 Å². The van der Waals surface area contributed by atoms with E-state index >= 15 is 0 Å². The third-order valence-corrected chi connectivity index (χ3v) is 3.56. The largest absolute Gasteiger partial charge is 0.383 e. The van der Waals surface area contributed by atoms with Crippen LogP contribution in [0.5, 0.6) is 0 Å². The van der Waals surface area contributed by atoms with Crippen molar-refractivity contribution in [2.75, 3.05) is 23.7 Å². The Morgan fingerprint density at radius 2 is 2.62 bits per heavy atom. The summed E-state index contributed by atoms with van der Waals surface area (Å²) < 4.78 is 4.09. The summed E-state index contributed by atoms with van der Waals surface area (Å²) in [6, 6.07) is 1.97. The highest BCUT2D eigenvalue weighted by Crippen LogP contribution is 2.29. The van der Waals surface area contributed by atoms with Gasteiger partial charge in [0.25, 0.3) is 0 Å². The van der Waals surface area contributed by atoms with Crippen LogP contribution in [0.2, 0.25) is 0 Å². The molecule has 1 aromatic heterocycles. The molecule has 3 nitrogen and oxygen atoms in total. The lowest BCUT2D eigenvalue weighted by molar-refractivity contribution is 0.569. The minimum atomic E-state index is 0.653. The van der Waals surface area contributed by atoms with Gasteiger partial charge in [0.1, 0.15) is 10.8 Å². The van der Waals surface area contributed by atoms with Gasteiger partial charge in [-0.25, -0.2) is 0 Å². The van der Waals surface area contributed by atoms with Gasteiger partial charge in [-0.05, 0) is 23.9 Å². The van der Waals surface area contributed by atoms with Gasteiger partial charge in [0, 0.05) is 19.2 Å². The number of rotatable bonds is 2. The predicted octanol–water partition coefficient (Wildman–Crippen LogP) is 1.96. The van der Waals surface area contributed by atoms with Gasteiger partial charge in [-0.1, -0.05) is 13.3 Å². The molecule has 0 aromatic carbocycles. The number of nitrogens with two attached hydrogens (primary N) is 1. The second-order valence-electron chi connectivity index (χ2n) is 3.60. The van der Waals surface area contributed by atoms with Crippen molar-refractivity contribution < 1.29 is 0 Å². The van der Waals surface area contributed by atoms with E-state index in [0.29, 0.717) is 5.82 Å². The van der Waals surface area contributed by atoms with Gasteiger partial charge in [0.2, 0.25) is 0 Å². The van der Waals surface area contributed by atoms with Gasteiger partial charge < -0.3 is 10.6 Å². The van der Waals surface area contributed by atoms with Crippen LogP contribution in [0.1, 0.15) is 19.8 Å². The maximum Gasteiger partial charge on any atom is 0.139 e. The fourth-order valence-corrected chi connectivity index (χ4v) is 2.50. The van der Waals surface area contributed by atoms with Gasteiger partial charge in [-0.3, -0.25) is 0 Å². The first kappa shape index (κ1) is 8.81. The van der Waals surface area contributed by atoms with E-state index in [1.54, 1.807) is 0 Å². The molecular formula is C9H15N3S. The van der Waals surface area contributed by atoms with E-state index < -0.39 is 0 Å². The normalized spacial score (nSPS) is 22.5. The molecule has 0 spiro atoms. The Labute approximate surface area is 82.7 Å². The third kappa shape index (κ3) is 1.77. The summed E-state index contributed by atoms with van der Waals surface area (Å²) in [7, 11) is 0. The van der Waals surface area contributed by atoms with Crippen molar-refractivity contribution in [2.45, 2.75) is 19.8 Å². The van der Waals surface area contributed by atoms with Crippen LogP contribution in [0, 0.1) is 5.92 Å². The van der Waals surface area contributed by atoms with Gasteiger partial charge in [0.05, 0.1) is 0 Å². The Kier molecular flexibility index (Phi) is 2.40. The minimum absolute atomic E-state index is 0.653. The van der Waals surface area contributed by atoms with Crippen molar-refractivity contribution in [3.05, 3.63) is 6.07 Å². The van der Waals surface area contributed by atoms with Crippen molar-refractivity contribution in [2.24, 2.45) is 5.92 Å². The van der Waals surface area contributed by atoms with E-state index in [9.17, 15) is 0 Å². The number of nitrogen functional groups attached to an aromatic ring is 1. The molecule has 1 unspecified atom stereocenters. The van der Waals surface area contributed by atoms with Crippen LogP contribution in [0.25, 0.3) is 0 Å². The molecule has 1 aliphatic rings. The number of hydrogen-bond donors (Lipinski definition) is 1. The van der Waals surface area contributed by atoms with Crippen LogP contribution in [0.3, 0.4) is 0 Å². The predicted molar refractivity (Wildman–Crippen MR) is 57.1 cm³/mol. The molecule has 13 heavy (non-hydrogen) atoms. The summed E-state index contributed by atoms with van der Waals surface area (Å²) in [6.45, 7) is 4.60. The number of anilines is 2. The third-order valence-electron chi connectivity index (χ3n) is 2.69. The molecule has 1 fully saturated rings. The van der Waals surface area contributed by atoms with E-state index in [1.807, 2.05) is 6.07 Å². The van der Waals surface area contributed by atoms with Crippen LogP contribution >= 0.6 is 11.5 Å². The van der Waals surface area contributed by atoms with Crippen LogP contribution in [0.4, 0.5) is 10.8 Å².